The second-order valence-electron chi connectivity index (χ2n) is 11.9. The molecule has 4 aliphatic rings. The number of hydrogen-bond donors (Lipinski definition) is 3. The number of carbonyl (C=O) groups excluding carboxylic acids is 4. The number of imide groups is 2. The van der Waals surface area contributed by atoms with E-state index < -0.39 is 81.6 Å². The Labute approximate surface area is 270 Å². The van der Waals surface area contributed by atoms with Gasteiger partial charge in [-0.1, -0.05) is 29.8 Å². The summed E-state index contributed by atoms with van der Waals surface area (Å²) >= 11 is 14.5. The number of anilines is 2. The van der Waals surface area contributed by atoms with Crippen molar-refractivity contribution in [2.75, 3.05) is 9.80 Å². The summed E-state index contributed by atoms with van der Waals surface area (Å²) in [4.78, 5) is 53.7. The largest absolute Gasteiger partial charge is 0.505 e. The van der Waals surface area contributed by atoms with Crippen LogP contribution in [0.3, 0.4) is 0 Å². The van der Waals surface area contributed by atoms with E-state index in [1.54, 1.807) is 6.08 Å². The summed E-state index contributed by atoms with van der Waals surface area (Å²) in [6.07, 6.45) is 1.37. The minimum absolute atomic E-state index is 0.000521. The monoisotopic (exact) mass is 666 g/mol. The van der Waals surface area contributed by atoms with Gasteiger partial charge in [0, 0.05) is 5.92 Å². The number of benzene rings is 3. The van der Waals surface area contributed by atoms with Crippen LogP contribution < -0.4 is 15.3 Å². The van der Waals surface area contributed by atoms with Gasteiger partial charge in [-0.2, -0.15) is 0 Å². The summed E-state index contributed by atoms with van der Waals surface area (Å²) in [6, 6.07) is 13.6. The number of carbonyl (C=O) groups is 4. The average molecular weight is 667 g/mol. The maximum Gasteiger partial charge on any atom is 0.488 e. The molecule has 234 valence electrons. The fourth-order valence-corrected chi connectivity index (χ4v) is 8.49. The van der Waals surface area contributed by atoms with Crippen molar-refractivity contribution in [3.8, 4) is 5.75 Å². The normalized spacial score (nSPS) is 30.3. The Morgan fingerprint density at radius 1 is 0.826 bits per heavy atom. The van der Waals surface area contributed by atoms with Crippen LogP contribution in [-0.2, 0) is 19.2 Å². The molecule has 0 radical (unpaired) electrons. The molecule has 3 N–H and O–H groups in total. The second kappa shape index (κ2) is 10.5. The lowest BCUT2D eigenvalue weighted by Crippen LogP contribution is -2.60. The molecular formula is C32H23BCl2F2N2O7. The summed E-state index contributed by atoms with van der Waals surface area (Å²) in [5.41, 5.74) is 0.681. The number of amides is 4. The molecule has 4 amide bonds. The zero-order valence-electron chi connectivity index (χ0n) is 23.6. The van der Waals surface area contributed by atoms with Crippen molar-refractivity contribution in [2.45, 2.75) is 28.5 Å². The molecule has 2 aliphatic carbocycles. The molecule has 0 spiro atoms. The molecule has 46 heavy (non-hydrogen) atoms. The van der Waals surface area contributed by atoms with E-state index in [0.29, 0.717) is 5.57 Å². The van der Waals surface area contributed by atoms with E-state index >= 15 is 0 Å². The number of fused-ring (bicyclic) bond motifs is 4. The predicted octanol–water partition coefficient (Wildman–Crippen LogP) is 3.12. The molecule has 0 bridgehead atoms. The number of phenols is 1. The zero-order chi connectivity index (χ0) is 32.9. The van der Waals surface area contributed by atoms with Gasteiger partial charge >= 0.3 is 7.12 Å². The highest BCUT2D eigenvalue weighted by Gasteiger charge is 2.76. The Kier molecular flexibility index (Phi) is 6.95. The summed E-state index contributed by atoms with van der Waals surface area (Å²) in [5, 5.41) is 29.3. The first-order valence-corrected chi connectivity index (χ1v) is 15.1. The first-order chi connectivity index (χ1) is 21.8. The van der Waals surface area contributed by atoms with E-state index in [0.717, 1.165) is 34.1 Å². The van der Waals surface area contributed by atoms with E-state index in [9.17, 15) is 43.1 Å². The summed E-state index contributed by atoms with van der Waals surface area (Å²) < 4.78 is 28.6. The van der Waals surface area contributed by atoms with Crippen LogP contribution in [0.5, 0.6) is 5.75 Å². The van der Waals surface area contributed by atoms with Crippen molar-refractivity contribution in [1.29, 1.82) is 0 Å². The number of phenolic OH excluding ortho intramolecular Hbond substituents is 1. The van der Waals surface area contributed by atoms with Crippen LogP contribution in [0.1, 0.15) is 24.3 Å². The van der Waals surface area contributed by atoms with Crippen LogP contribution in [-0.4, -0.2) is 55.7 Å². The van der Waals surface area contributed by atoms with Gasteiger partial charge in [0.05, 0.1) is 23.2 Å². The van der Waals surface area contributed by atoms with Crippen molar-refractivity contribution in [2.24, 2.45) is 17.8 Å². The van der Waals surface area contributed by atoms with Gasteiger partial charge in [-0.15, -0.1) is 23.2 Å². The molecule has 2 aliphatic heterocycles. The number of nitrogens with zero attached hydrogens (tertiary/aromatic N) is 2. The molecular weight excluding hydrogens is 644 g/mol. The van der Waals surface area contributed by atoms with Crippen LogP contribution in [0.25, 0.3) is 0 Å². The predicted molar refractivity (Wildman–Crippen MR) is 163 cm³/mol. The lowest BCUT2D eigenvalue weighted by molar-refractivity contribution is -0.125. The number of alkyl halides is 2. The van der Waals surface area contributed by atoms with Crippen LogP contribution in [0.2, 0.25) is 0 Å². The van der Waals surface area contributed by atoms with Crippen molar-refractivity contribution in [3.63, 3.8) is 0 Å². The fourth-order valence-electron chi connectivity index (χ4n) is 7.55. The van der Waals surface area contributed by atoms with Crippen molar-refractivity contribution in [1.82, 2.24) is 0 Å². The van der Waals surface area contributed by atoms with Gasteiger partial charge in [0.15, 0.2) is 21.3 Å². The minimum atomic E-state index is -2.25. The number of allylic oxidation sites excluding steroid dienone is 2. The van der Waals surface area contributed by atoms with Gasteiger partial charge < -0.3 is 15.2 Å². The van der Waals surface area contributed by atoms with E-state index in [2.05, 4.69) is 0 Å². The van der Waals surface area contributed by atoms with Crippen LogP contribution in [0, 0.1) is 29.4 Å². The molecule has 9 nitrogen and oxygen atoms in total. The third-order valence-electron chi connectivity index (χ3n) is 9.63. The van der Waals surface area contributed by atoms with Gasteiger partial charge in [0.25, 0.3) is 11.8 Å². The van der Waals surface area contributed by atoms with E-state index in [1.165, 1.54) is 42.5 Å². The lowest BCUT2D eigenvalue weighted by atomic mass is 9.56. The Bertz CT molecular complexity index is 1890. The minimum Gasteiger partial charge on any atom is -0.505 e. The Balaban J connectivity index is 1.38. The van der Waals surface area contributed by atoms with Crippen LogP contribution in [0.15, 0.2) is 78.4 Å². The fraction of sp³-hybridized carbons (Fsp3) is 0.250. The van der Waals surface area contributed by atoms with E-state index in [-0.39, 0.29) is 35.2 Å². The van der Waals surface area contributed by atoms with Gasteiger partial charge in [0.2, 0.25) is 11.8 Å². The lowest BCUT2D eigenvalue weighted by Gasteiger charge is -2.50. The van der Waals surface area contributed by atoms with Gasteiger partial charge in [0.1, 0.15) is 5.82 Å². The topological polar surface area (TPSA) is 135 Å². The quantitative estimate of drug-likeness (QED) is 0.169. The molecule has 3 aromatic carbocycles. The Hall–Kier alpha value is -4.10. The molecule has 1 saturated carbocycles. The first-order valence-electron chi connectivity index (χ1n) is 14.3. The van der Waals surface area contributed by atoms with Gasteiger partial charge in [-0.05, 0) is 78.3 Å². The molecule has 14 heteroatoms. The highest BCUT2D eigenvalue weighted by atomic mass is 35.5. The molecule has 6 unspecified atom stereocenters. The highest BCUT2D eigenvalue weighted by molar-refractivity contribution is 6.59. The average Bonchev–Trinajstić information content (AvgIpc) is 3.37. The molecule has 3 aromatic rings. The number of aromatic hydroxyl groups is 1. The third kappa shape index (κ3) is 4.06. The highest BCUT2D eigenvalue weighted by Crippen LogP contribution is 2.66. The second-order valence-corrected chi connectivity index (χ2v) is 13.2. The number of rotatable bonds is 4. The smallest absolute Gasteiger partial charge is 0.488 e. The maximum atomic E-state index is 14.8. The molecule has 3 fully saturated rings. The van der Waals surface area contributed by atoms with Gasteiger partial charge in [-0.3, -0.25) is 24.1 Å². The van der Waals surface area contributed by atoms with Crippen molar-refractivity contribution >= 4 is 70.8 Å². The maximum absolute atomic E-state index is 14.8. The number of hydrogen-bond acceptors (Lipinski definition) is 7. The molecule has 2 saturated heterocycles. The zero-order valence-corrected chi connectivity index (χ0v) is 25.1. The Morgan fingerprint density at radius 3 is 2.22 bits per heavy atom. The summed E-state index contributed by atoms with van der Waals surface area (Å²) in [5.74, 6) is -9.48. The molecule has 2 heterocycles. The van der Waals surface area contributed by atoms with Gasteiger partial charge in [-0.25, -0.2) is 13.7 Å². The third-order valence-corrected chi connectivity index (χ3v) is 11.0. The summed E-state index contributed by atoms with van der Waals surface area (Å²) in [7, 11) is -1.85. The molecule has 0 aromatic heterocycles. The number of halogens is 4. The van der Waals surface area contributed by atoms with Crippen LogP contribution in [0.4, 0.5) is 20.2 Å². The first kappa shape index (κ1) is 30.6. The molecule has 7 rings (SSSR count). The van der Waals surface area contributed by atoms with Crippen LogP contribution >= 0.6 is 23.2 Å². The van der Waals surface area contributed by atoms with Crippen molar-refractivity contribution in [3.05, 3.63) is 95.6 Å². The standard InChI is InChI=1S/C32H23BCl2F2N2O7/c34-31-14-22-20(9-10-21-25(22)28(42)38(27(21)41)19-3-1-2-16(13-19)33(45)46)26(15-4-11-24(40)23(37)12-15)32(31,35)30(44)39(29(31)43)18-7-5-17(36)6-8-18/h1-9,11-13,21-22,25-26,40,45-46H,10,14H2. The Morgan fingerprint density at radius 2 is 1.54 bits per heavy atom. The molecule has 6 atom stereocenters. The SMILES string of the molecule is O=C1C2CC=C3C(CC4(Cl)C(=O)N(c5ccc(F)cc5)C(=O)C4(Cl)C3c3ccc(O)c(F)c3)C2C(=O)N1c1cccc(B(O)O)c1. The summed E-state index contributed by atoms with van der Waals surface area (Å²) in [6.45, 7) is 0. The van der Waals surface area contributed by atoms with Crippen molar-refractivity contribution < 1.29 is 43.1 Å². The van der Waals surface area contributed by atoms with E-state index in [4.69, 9.17) is 23.2 Å². The van der Waals surface area contributed by atoms with E-state index in [1.807, 2.05) is 0 Å².